The third-order valence-corrected chi connectivity index (χ3v) is 3.46. The topological polar surface area (TPSA) is 12.0 Å². The Hall–Kier alpha value is -0.890. The summed E-state index contributed by atoms with van der Waals surface area (Å²) in [5.74, 6) is 0.000531. The number of fused-ring (bicyclic) bond motifs is 1. The van der Waals surface area contributed by atoms with Crippen molar-refractivity contribution in [2.75, 3.05) is 6.54 Å². The molecule has 1 heterocycles. The Balaban J connectivity index is 2.08. The van der Waals surface area contributed by atoms with Gasteiger partial charge in [-0.3, -0.25) is 0 Å². The molecule has 2 aliphatic rings. The molecule has 14 heavy (non-hydrogen) atoms. The molecular weight excluding hydrogens is 177 g/mol. The predicted octanol–water partition coefficient (Wildman–Crippen LogP) is 2.35. The van der Waals surface area contributed by atoms with Crippen molar-refractivity contribution in [2.45, 2.75) is 31.7 Å². The van der Waals surface area contributed by atoms with Gasteiger partial charge in [-0.25, -0.2) is 4.39 Å². The number of rotatable bonds is 1. The predicted molar refractivity (Wildman–Crippen MR) is 53.8 cm³/mol. The Kier molecular flexibility index (Phi) is 1.84. The van der Waals surface area contributed by atoms with E-state index in [4.69, 9.17) is 0 Å². The van der Waals surface area contributed by atoms with Crippen LogP contribution < -0.4 is 5.32 Å². The molecule has 1 aliphatic heterocycles. The van der Waals surface area contributed by atoms with Crippen LogP contribution in [0.3, 0.4) is 0 Å². The standard InChI is InChI=1S/C12H14FN/c13-11-5-4-10(12-6-7-14-12)8-2-1-3-9(8)11/h4-5,12,14H,1-3,6-7H2. The molecule has 1 aromatic carbocycles. The minimum atomic E-state index is 0.000531. The summed E-state index contributed by atoms with van der Waals surface area (Å²) in [6.45, 7) is 1.11. The van der Waals surface area contributed by atoms with E-state index in [9.17, 15) is 4.39 Å². The van der Waals surface area contributed by atoms with E-state index in [1.807, 2.05) is 6.07 Å². The fourth-order valence-corrected chi connectivity index (χ4v) is 2.57. The van der Waals surface area contributed by atoms with Crippen molar-refractivity contribution in [1.29, 1.82) is 0 Å². The Morgan fingerprint density at radius 3 is 2.71 bits per heavy atom. The summed E-state index contributed by atoms with van der Waals surface area (Å²) >= 11 is 0. The lowest BCUT2D eigenvalue weighted by atomic mass is 9.91. The van der Waals surface area contributed by atoms with Crippen LogP contribution in [0.1, 0.15) is 35.6 Å². The molecule has 1 aliphatic carbocycles. The van der Waals surface area contributed by atoms with Gasteiger partial charge >= 0.3 is 0 Å². The van der Waals surface area contributed by atoms with Gasteiger partial charge in [-0.2, -0.15) is 0 Å². The van der Waals surface area contributed by atoms with Gasteiger partial charge < -0.3 is 5.32 Å². The Morgan fingerprint density at radius 1 is 1.21 bits per heavy atom. The first-order valence-corrected chi connectivity index (χ1v) is 5.40. The molecule has 1 saturated heterocycles. The number of hydrogen-bond donors (Lipinski definition) is 1. The molecule has 0 aromatic heterocycles. The quantitative estimate of drug-likeness (QED) is 0.718. The summed E-state index contributed by atoms with van der Waals surface area (Å²) in [7, 11) is 0. The van der Waals surface area contributed by atoms with E-state index in [2.05, 4.69) is 5.32 Å². The number of halogens is 1. The highest BCUT2D eigenvalue weighted by Crippen LogP contribution is 2.34. The molecular formula is C12H14FN. The molecule has 1 nitrogen and oxygen atoms in total. The normalized spacial score (nSPS) is 24.5. The van der Waals surface area contributed by atoms with E-state index in [0.717, 1.165) is 31.4 Å². The first-order chi connectivity index (χ1) is 6.86. The second-order valence-corrected chi connectivity index (χ2v) is 4.24. The van der Waals surface area contributed by atoms with Crippen molar-refractivity contribution in [3.8, 4) is 0 Å². The monoisotopic (exact) mass is 191 g/mol. The van der Waals surface area contributed by atoms with Crippen LogP contribution in [-0.4, -0.2) is 6.54 Å². The molecule has 0 saturated carbocycles. The van der Waals surface area contributed by atoms with Crippen LogP contribution in [0, 0.1) is 5.82 Å². The maximum absolute atomic E-state index is 13.4. The van der Waals surface area contributed by atoms with E-state index in [1.165, 1.54) is 17.5 Å². The molecule has 1 atom stereocenters. The zero-order chi connectivity index (χ0) is 9.54. The molecule has 1 aromatic rings. The minimum Gasteiger partial charge on any atom is -0.310 e. The third-order valence-electron chi connectivity index (χ3n) is 3.46. The summed E-state index contributed by atoms with van der Waals surface area (Å²) in [5.41, 5.74) is 3.63. The summed E-state index contributed by atoms with van der Waals surface area (Å²) < 4.78 is 13.4. The number of benzene rings is 1. The van der Waals surface area contributed by atoms with Crippen LogP contribution in [0.25, 0.3) is 0 Å². The van der Waals surface area contributed by atoms with Gasteiger partial charge in [-0.15, -0.1) is 0 Å². The van der Waals surface area contributed by atoms with Gasteiger partial charge in [0.25, 0.3) is 0 Å². The van der Waals surface area contributed by atoms with Crippen LogP contribution in [-0.2, 0) is 12.8 Å². The highest BCUT2D eigenvalue weighted by atomic mass is 19.1. The Morgan fingerprint density at radius 2 is 2.00 bits per heavy atom. The van der Waals surface area contributed by atoms with Crippen molar-refractivity contribution in [3.63, 3.8) is 0 Å². The molecule has 0 radical (unpaired) electrons. The van der Waals surface area contributed by atoms with Crippen LogP contribution in [0.5, 0.6) is 0 Å². The lowest BCUT2D eigenvalue weighted by Crippen LogP contribution is -2.35. The minimum absolute atomic E-state index is 0.000531. The summed E-state index contributed by atoms with van der Waals surface area (Å²) in [6, 6.07) is 4.11. The molecule has 1 fully saturated rings. The first-order valence-electron chi connectivity index (χ1n) is 5.40. The SMILES string of the molecule is Fc1ccc(C2CCN2)c2c1CCC2. The maximum atomic E-state index is 13.4. The Labute approximate surface area is 83.3 Å². The van der Waals surface area contributed by atoms with Gasteiger partial charge in [-0.05, 0) is 55.0 Å². The van der Waals surface area contributed by atoms with Crippen LogP contribution in [0.15, 0.2) is 12.1 Å². The van der Waals surface area contributed by atoms with Gasteiger partial charge in [0.15, 0.2) is 0 Å². The van der Waals surface area contributed by atoms with Gasteiger partial charge in [-0.1, -0.05) is 6.07 Å². The first kappa shape index (κ1) is 8.42. The smallest absolute Gasteiger partial charge is 0.126 e. The van der Waals surface area contributed by atoms with E-state index in [-0.39, 0.29) is 5.82 Å². The average molecular weight is 191 g/mol. The Bertz CT molecular complexity index is 369. The second kappa shape index (κ2) is 3.06. The summed E-state index contributed by atoms with van der Waals surface area (Å²) in [5, 5.41) is 3.39. The van der Waals surface area contributed by atoms with E-state index >= 15 is 0 Å². The molecule has 3 rings (SSSR count). The zero-order valence-electron chi connectivity index (χ0n) is 8.15. The average Bonchev–Trinajstić information content (AvgIpc) is 2.55. The van der Waals surface area contributed by atoms with Crippen molar-refractivity contribution >= 4 is 0 Å². The summed E-state index contributed by atoms with van der Waals surface area (Å²) in [6.07, 6.45) is 4.33. The highest BCUT2D eigenvalue weighted by molar-refractivity contribution is 5.41. The molecule has 1 N–H and O–H groups in total. The lowest BCUT2D eigenvalue weighted by Gasteiger charge is -2.30. The van der Waals surface area contributed by atoms with E-state index in [1.54, 1.807) is 6.07 Å². The van der Waals surface area contributed by atoms with E-state index < -0.39 is 0 Å². The fourth-order valence-electron chi connectivity index (χ4n) is 2.57. The molecule has 0 bridgehead atoms. The summed E-state index contributed by atoms with van der Waals surface area (Å²) in [4.78, 5) is 0. The molecule has 0 amide bonds. The molecule has 74 valence electrons. The van der Waals surface area contributed by atoms with Crippen molar-refractivity contribution in [1.82, 2.24) is 5.32 Å². The lowest BCUT2D eigenvalue weighted by molar-refractivity contribution is 0.381. The van der Waals surface area contributed by atoms with Crippen molar-refractivity contribution in [3.05, 3.63) is 34.6 Å². The molecule has 0 spiro atoms. The number of hydrogen-bond acceptors (Lipinski definition) is 1. The van der Waals surface area contributed by atoms with Crippen LogP contribution >= 0.6 is 0 Å². The third kappa shape index (κ3) is 1.10. The van der Waals surface area contributed by atoms with Crippen molar-refractivity contribution < 1.29 is 4.39 Å². The van der Waals surface area contributed by atoms with Crippen LogP contribution in [0.2, 0.25) is 0 Å². The number of nitrogens with one attached hydrogen (secondary N) is 1. The zero-order valence-corrected chi connectivity index (χ0v) is 8.15. The van der Waals surface area contributed by atoms with Gasteiger partial charge in [0.2, 0.25) is 0 Å². The fraction of sp³-hybridized carbons (Fsp3) is 0.500. The largest absolute Gasteiger partial charge is 0.310 e. The van der Waals surface area contributed by atoms with Gasteiger partial charge in [0, 0.05) is 6.04 Å². The van der Waals surface area contributed by atoms with Gasteiger partial charge in [0.1, 0.15) is 5.82 Å². The maximum Gasteiger partial charge on any atom is 0.126 e. The van der Waals surface area contributed by atoms with Crippen molar-refractivity contribution in [2.24, 2.45) is 0 Å². The second-order valence-electron chi connectivity index (χ2n) is 4.24. The molecule has 2 heteroatoms. The van der Waals surface area contributed by atoms with E-state index in [0.29, 0.717) is 6.04 Å². The molecule has 1 unspecified atom stereocenters. The highest BCUT2D eigenvalue weighted by Gasteiger charge is 2.26. The van der Waals surface area contributed by atoms with Crippen LogP contribution in [0.4, 0.5) is 4.39 Å². The van der Waals surface area contributed by atoms with Gasteiger partial charge in [0.05, 0.1) is 0 Å².